The Morgan fingerprint density at radius 3 is 2.59 bits per heavy atom. The first-order valence-electron chi connectivity index (χ1n) is 7.13. The van der Waals surface area contributed by atoms with Crippen LogP contribution in [0.4, 0.5) is 5.69 Å². The highest BCUT2D eigenvalue weighted by Crippen LogP contribution is 2.19. The normalized spacial score (nSPS) is 10.5. The van der Waals surface area contributed by atoms with Crippen molar-refractivity contribution < 1.29 is 4.79 Å². The van der Waals surface area contributed by atoms with Crippen molar-refractivity contribution in [3.05, 3.63) is 71.4 Å². The van der Waals surface area contributed by atoms with Gasteiger partial charge in [0.25, 0.3) is 5.91 Å². The van der Waals surface area contributed by atoms with Gasteiger partial charge in [-0.15, -0.1) is 0 Å². The van der Waals surface area contributed by atoms with E-state index in [9.17, 15) is 4.79 Å². The summed E-state index contributed by atoms with van der Waals surface area (Å²) in [4.78, 5) is 12.3. The number of aromatic amines is 1. The summed E-state index contributed by atoms with van der Waals surface area (Å²) in [6.45, 7) is 3.97. The average Bonchev–Trinajstić information content (AvgIpc) is 3.02. The van der Waals surface area contributed by atoms with Gasteiger partial charge < -0.3 is 5.32 Å². The van der Waals surface area contributed by atoms with Crippen molar-refractivity contribution in [1.82, 2.24) is 10.2 Å². The Morgan fingerprint density at radius 1 is 1.05 bits per heavy atom. The number of carbonyl (C=O) groups excluding carboxylic acids is 1. The van der Waals surface area contributed by atoms with Crippen molar-refractivity contribution in [2.75, 3.05) is 5.32 Å². The molecule has 1 aromatic heterocycles. The maximum atomic E-state index is 12.3. The summed E-state index contributed by atoms with van der Waals surface area (Å²) < 4.78 is 0. The molecule has 0 aliphatic rings. The van der Waals surface area contributed by atoms with Crippen molar-refractivity contribution >= 4 is 11.6 Å². The number of carbonyl (C=O) groups is 1. The summed E-state index contributed by atoms with van der Waals surface area (Å²) in [6.07, 6.45) is 0. The van der Waals surface area contributed by atoms with Crippen LogP contribution in [0.1, 0.15) is 21.6 Å². The molecule has 0 unspecified atom stereocenters. The van der Waals surface area contributed by atoms with Gasteiger partial charge in [0, 0.05) is 11.3 Å². The first kappa shape index (κ1) is 14.1. The second kappa shape index (κ2) is 5.85. The molecule has 0 saturated heterocycles. The lowest BCUT2D eigenvalue weighted by molar-refractivity contribution is 0.102. The van der Waals surface area contributed by atoms with Crippen LogP contribution in [0, 0.1) is 13.8 Å². The first-order chi connectivity index (χ1) is 10.6. The van der Waals surface area contributed by atoms with Crippen LogP contribution in [0.15, 0.2) is 54.6 Å². The Hall–Kier alpha value is -2.88. The highest BCUT2D eigenvalue weighted by atomic mass is 16.1. The van der Waals surface area contributed by atoms with Crippen LogP contribution in [0.2, 0.25) is 0 Å². The van der Waals surface area contributed by atoms with Crippen LogP contribution in [0.5, 0.6) is 0 Å². The van der Waals surface area contributed by atoms with Gasteiger partial charge in [0.15, 0.2) is 0 Å². The lowest BCUT2D eigenvalue weighted by Crippen LogP contribution is -2.13. The number of hydrogen-bond donors (Lipinski definition) is 2. The molecular weight excluding hydrogens is 274 g/mol. The fourth-order valence-corrected chi connectivity index (χ4v) is 2.25. The zero-order chi connectivity index (χ0) is 15.5. The molecule has 3 aromatic rings. The van der Waals surface area contributed by atoms with E-state index in [4.69, 9.17) is 0 Å². The lowest BCUT2D eigenvalue weighted by Gasteiger charge is -2.08. The van der Waals surface area contributed by atoms with Crippen molar-refractivity contribution in [2.45, 2.75) is 13.8 Å². The number of aryl methyl sites for hydroxylation is 2. The molecule has 1 heterocycles. The second-order valence-corrected chi connectivity index (χ2v) is 5.31. The van der Waals surface area contributed by atoms with Crippen molar-refractivity contribution in [1.29, 1.82) is 0 Å². The number of H-pyrrole nitrogens is 1. The van der Waals surface area contributed by atoms with Gasteiger partial charge >= 0.3 is 0 Å². The number of amides is 1. The number of nitrogens with one attached hydrogen (secondary N) is 2. The Labute approximate surface area is 129 Å². The molecule has 0 aliphatic carbocycles. The largest absolute Gasteiger partial charge is 0.320 e. The smallest absolute Gasteiger partial charge is 0.273 e. The minimum Gasteiger partial charge on any atom is -0.320 e. The summed E-state index contributed by atoms with van der Waals surface area (Å²) in [6, 6.07) is 17.5. The van der Waals surface area contributed by atoms with E-state index < -0.39 is 0 Å². The quantitative estimate of drug-likeness (QED) is 0.767. The molecule has 4 nitrogen and oxygen atoms in total. The highest BCUT2D eigenvalue weighted by molar-refractivity contribution is 6.03. The number of hydrogen-bond acceptors (Lipinski definition) is 2. The summed E-state index contributed by atoms with van der Waals surface area (Å²) in [5, 5.41) is 9.92. The van der Waals surface area contributed by atoms with Crippen LogP contribution in [-0.4, -0.2) is 16.1 Å². The summed E-state index contributed by atoms with van der Waals surface area (Å²) in [5.74, 6) is -0.191. The highest BCUT2D eigenvalue weighted by Gasteiger charge is 2.12. The second-order valence-electron chi connectivity index (χ2n) is 5.31. The summed E-state index contributed by atoms with van der Waals surface area (Å²) >= 11 is 0. The minimum atomic E-state index is -0.191. The Bertz CT molecular complexity index is 806. The first-order valence-corrected chi connectivity index (χ1v) is 7.13. The molecule has 0 spiro atoms. The van der Waals surface area contributed by atoms with E-state index in [1.165, 1.54) is 0 Å². The SMILES string of the molecule is Cc1ccc(C)c(NC(=O)c2cc(-c3ccccc3)n[nH]2)c1. The fourth-order valence-electron chi connectivity index (χ4n) is 2.25. The van der Waals surface area contributed by atoms with Crippen LogP contribution in [-0.2, 0) is 0 Å². The number of aromatic nitrogens is 2. The number of anilines is 1. The Kier molecular flexibility index (Phi) is 3.74. The van der Waals surface area contributed by atoms with Gasteiger partial charge in [0.1, 0.15) is 5.69 Å². The monoisotopic (exact) mass is 291 g/mol. The molecule has 110 valence electrons. The maximum Gasteiger partial charge on any atom is 0.273 e. The predicted octanol–water partition coefficient (Wildman–Crippen LogP) is 3.95. The van der Waals surface area contributed by atoms with E-state index in [0.29, 0.717) is 5.69 Å². The van der Waals surface area contributed by atoms with Crippen molar-refractivity contribution in [3.63, 3.8) is 0 Å². The molecule has 0 saturated carbocycles. The van der Waals surface area contributed by atoms with Gasteiger partial charge in [-0.25, -0.2) is 0 Å². The van der Waals surface area contributed by atoms with E-state index in [1.54, 1.807) is 6.07 Å². The Balaban J connectivity index is 1.81. The molecule has 4 heteroatoms. The van der Waals surface area contributed by atoms with E-state index >= 15 is 0 Å². The third kappa shape index (κ3) is 2.91. The van der Waals surface area contributed by atoms with Gasteiger partial charge in [-0.1, -0.05) is 42.5 Å². The zero-order valence-electron chi connectivity index (χ0n) is 12.6. The van der Waals surface area contributed by atoms with Crippen LogP contribution in [0.25, 0.3) is 11.3 Å². The van der Waals surface area contributed by atoms with Gasteiger partial charge in [-0.3, -0.25) is 9.89 Å². The van der Waals surface area contributed by atoms with E-state index in [0.717, 1.165) is 28.1 Å². The van der Waals surface area contributed by atoms with Gasteiger partial charge in [0.2, 0.25) is 0 Å². The third-order valence-corrected chi connectivity index (χ3v) is 3.53. The van der Waals surface area contributed by atoms with Gasteiger partial charge in [0.05, 0.1) is 5.69 Å². The van der Waals surface area contributed by atoms with Crippen LogP contribution >= 0.6 is 0 Å². The van der Waals surface area contributed by atoms with Crippen molar-refractivity contribution in [2.24, 2.45) is 0 Å². The maximum absolute atomic E-state index is 12.3. The molecule has 2 aromatic carbocycles. The Morgan fingerprint density at radius 2 is 1.82 bits per heavy atom. The molecule has 2 N–H and O–H groups in total. The topological polar surface area (TPSA) is 57.8 Å². The molecule has 0 radical (unpaired) electrons. The van der Waals surface area contributed by atoms with Crippen LogP contribution in [0.3, 0.4) is 0 Å². The minimum absolute atomic E-state index is 0.191. The molecular formula is C18H17N3O. The molecule has 3 rings (SSSR count). The summed E-state index contributed by atoms with van der Waals surface area (Å²) in [5.41, 5.74) is 5.13. The van der Waals surface area contributed by atoms with Gasteiger partial charge in [-0.05, 0) is 37.1 Å². The third-order valence-electron chi connectivity index (χ3n) is 3.53. The number of nitrogens with zero attached hydrogens (tertiary/aromatic N) is 1. The summed E-state index contributed by atoms with van der Waals surface area (Å²) in [7, 11) is 0. The van der Waals surface area contributed by atoms with E-state index in [1.807, 2.05) is 62.4 Å². The molecule has 0 aliphatic heterocycles. The molecule has 0 bridgehead atoms. The molecule has 22 heavy (non-hydrogen) atoms. The van der Waals surface area contributed by atoms with Crippen LogP contribution < -0.4 is 5.32 Å². The van der Waals surface area contributed by atoms with E-state index in [2.05, 4.69) is 15.5 Å². The standard InChI is InChI=1S/C18H17N3O/c1-12-8-9-13(2)15(10-12)19-18(22)17-11-16(20-21-17)14-6-4-3-5-7-14/h3-11H,1-2H3,(H,19,22)(H,20,21). The van der Waals surface area contributed by atoms with E-state index in [-0.39, 0.29) is 5.91 Å². The van der Waals surface area contributed by atoms with Crippen molar-refractivity contribution in [3.8, 4) is 11.3 Å². The zero-order valence-corrected chi connectivity index (χ0v) is 12.6. The fraction of sp³-hybridized carbons (Fsp3) is 0.111. The molecule has 1 amide bonds. The molecule has 0 atom stereocenters. The lowest BCUT2D eigenvalue weighted by atomic mass is 10.1. The average molecular weight is 291 g/mol. The van der Waals surface area contributed by atoms with Gasteiger partial charge in [-0.2, -0.15) is 5.10 Å². The number of rotatable bonds is 3. The number of benzene rings is 2. The molecule has 0 fully saturated rings. The predicted molar refractivity (Wildman–Crippen MR) is 87.9 cm³/mol.